The maximum atomic E-state index is 12.3. The molecule has 1 aromatic carbocycles. The number of hydrogen-bond acceptors (Lipinski definition) is 4. The predicted molar refractivity (Wildman–Crippen MR) is 78.5 cm³/mol. The number of halogens is 3. The molecule has 124 valence electrons. The molecule has 1 aliphatic heterocycles. The summed E-state index contributed by atoms with van der Waals surface area (Å²) >= 11 is 0. The zero-order valence-electron chi connectivity index (χ0n) is 12.9. The number of hydrogen-bond donors (Lipinski definition) is 0. The molecule has 0 unspecified atom stereocenters. The Balaban J connectivity index is 1.82. The Bertz CT molecular complexity index is 690. The van der Waals surface area contributed by atoms with Gasteiger partial charge in [0.05, 0.1) is 12.2 Å². The first-order valence-electron chi connectivity index (χ1n) is 7.38. The molecule has 1 aliphatic rings. The van der Waals surface area contributed by atoms with E-state index in [1.165, 1.54) is 12.1 Å². The second-order valence-corrected chi connectivity index (χ2v) is 5.61. The van der Waals surface area contributed by atoms with Crippen molar-refractivity contribution >= 4 is 5.69 Å². The van der Waals surface area contributed by atoms with Crippen LogP contribution in [0.3, 0.4) is 0 Å². The van der Waals surface area contributed by atoms with E-state index in [-0.39, 0.29) is 5.75 Å². The molecule has 7 heteroatoms. The van der Waals surface area contributed by atoms with Crippen molar-refractivity contribution < 1.29 is 22.3 Å². The number of fused-ring (bicyclic) bond motifs is 1. The fourth-order valence-electron chi connectivity index (χ4n) is 2.78. The van der Waals surface area contributed by atoms with Crippen LogP contribution in [0.2, 0.25) is 0 Å². The second-order valence-electron chi connectivity index (χ2n) is 5.61. The van der Waals surface area contributed by atoms with Crippen LogP contribution in [-0.4, -0.2) is 17.9 Å². The highest BCUT2D eigenvalue weighted by Gasteiger charge is 2.31. The molecule has 23 heavy (non-hydrogen) atoms. The maximum absolute atomic E-state index is 12.3. The predicted octanol–water partition coefficient (Wildman–Crippen LogP) is 4.14. The Hall–Kier alpha value is -2.18. The Labute approximate surface area is 131 Å². The average Bonchev–Trinajstić information content (AvgIpc) is 2.75. The van der Waals surface area contributed by atoms with Crippen LogP contribution in [0.25, 0.3) is 0 Å². The Morgan fingerprint density at radius 2 is 2.09 bits per heavy atom. The highest BCUT2D eigenvalue weighted by Crippen LogP contribution is 2.33. The van der Waals surface area contributed by atoms with Crippen molar-refractivity contribution in [2.45, 2.75) is 39.6 Å². The van der Waals surface area contributed by atoms with Crippen LogP contribution in [0.15, 0.2) is 22.6 Å². The first kappa shape index (κ1) is 15.7. The Morgan fingerprint density at radius 1 is 1.30 bits per heavy atom. The van der Waals surface area contributed by atoms with E-state index in [0.717, 1.165) is 42.1 Å². The molecule has 0 radical (unpaired) electrons. The van der Waals surface area contributed by atoms with E-state index in [1.54, 1.807) is 6.07 Å². The number of aromatic nitrogens is 1. The third kappa shape index (κ3) is 3.60. The highest BCUT2D eigenvalue weighted by molar-refractivity contribution is 5.58. The minimum absolute atomic E-state index is 0.180. The summed E-state index contributed by atoms with van der Waals surface area (Å²) in [6, 6.07) is 4.47. The molecule has 0 spiro atoms. The number of nitrogens with zero attached hydrogens (tertiary/aromatic N) is 2. The molecular formula is C16H17F3N2O2. The lowest BCUT2D eigenvalue weighted by Gasteiger charge is -2.30. The van der Waals surface area contributed by atoms with Gasteiger partial charge in [0.1, 0.15) is 11.5 Å². The highest BCUT2D eigenvalue weighted by atomic mass is 19.4. The summed E-state index contributed by atoms with van der Waals surface area (Å²) in [6.45, 7) is 5.05. The number of ether oxygens (including phenoxy) is 1. The van der Waals surface area contributed by atoms with Crippen LogP contribution < -0.4 is 9.64 Å². The molecule has 2 heterocycles. The topological polar surface area (TPSA) is 38.5 Å². The molecule has 0 bridgehead atoms. The number of oxazole rings is 1. The minimum atomic E-state index is -4.67. The number of alkyl halides is 3. The van der Waals surface area contributed by atoms with Gasteiger partial charge in [-0.25, -0.2) is 4.98 Å². The first-order chi connectivity index (χ1) is 10.8. The van der Waals surface area contributed by atoms with Gasteiger partial charge in [0.15, 0.2) is 0 Å². The van der Waals surface area contributed by atoms with Gasteiger partial charge in [-0.15, -0.1) is 13.2 Å². The molecular weight excluding hydrogens is 309 g/mol. The van der Waals surface area contributed by atoms with Gasteiger partial charge >= 0.3 is 6.36 Å². The zero-order valence-corrected chi connectivity index (χ0v) is 12.9. The van der Waals surface area contributed by atoms with E-state index >= 15 is 0 Å². The normalized spacial score (nSPS) is 14.7. The van der Waals surface area contributed by atoms with Crippen LogP contribution >= 0.6 is 0 Å². The SMILES string of the molecule is Cc1nc(CN2CCCc3cc(OC(F)(F)F)ccc32)oc1C. The van der Waals surface area contributed by atoms with Gasteiger partial charge in [0.25, 0.3) is 0 Å². The monoisotopic (exact) mass is 326 g/mol. The average molecular weight is 326 g/mol. The van der Waals surface area contributed by atoms with Crippen molar-refractivity contribution in [2.75, 3.05) is 11.4 Å². The zero-order chi connectivity index (χ0) is 16.6. The molecule has 0 fully saturated rings. The molecule has 1 aromatic heterocycles. The number of rotatable bonds is 3. The first-order valence-corrected chi connectivity index (χ1v) is 7.38. The summed E-state index contributed by atoms with van der Waals surface area (Å²) in [4.78, 5) is 6.43. The van der Waals surface area contributed by atoms with E-state index in [4.69, 9.17) is 4.42 Å². The van der Waals surface area contributed by atoms with Crippen molar-refractivity contribution in [3.8, 4) is 5.75 Å². The van der Waals surface area contributed by atoms with Crippen molar-refractivity contribution in [3.05, 3.63) is 41.1 Å². The number of anilines is 1. The summed E-state index contributed by atoms with van der Waals surface area (Å²) in [5.41, 5.74) is 2.60. The number of aryl methyl sites for hydroxylation is 3. The van der Waals surface area contributed by atoms with E-state index in [1.807, 2.05) is 13.8 Å². The molecule has 4 nitrogen and oxygen atoms in total. The van der Waals surface area contributed by atoms with Crippen molar-refractivity contribution in [1.29, 1.82) is 0 Å². The van der Waals surface area contributed by atoms with Gasteiger partial charge in [-0.05, 0) is 50.5 Å². The Morgan fingerprint density at radius 3 is 2.74 bits per heavy atom. The fourth-order valence-corrected chi connectivity index (χ4v) is 2.78. The van der Waals surface area contributed by atoms with E-state index in [9.17, 15) is 13.2 Å². The molecule has 2 aromatic rings. The maximum Gasteiger partial charge on any atom is 0.573 e. The lowest BCUT2D eigenvalue weighted by Crippen LogP contribution is -2.29. The van der Waals surface area contributed by atoms with Gasteiger partial charge in [0.2, 0.25) is 5.89 Å². The molecule has 0 saturated heterocycles. The third-order valence-corrected chi connectivity index (χ3v) is 3.90. The largest absolute Gasteiger partial charge is 0.573 e. The minimum Gasteiger partial charge on any atom is -0.444 e. The van der Waals surface area contributed by atoms with Crippen molar-refractivity contribution in [2.24, 2.45) is 0 Å². The van der Waals surface area contributed by atoms with Crippen LogP contribution in [0.5, 0.6) is 5.75 Å². The van der Waals surface area contributed by atoms with Gasteiger partial charge < -0.3 is 14.1 Å². The third-order valence-electron chi connectivity index (χ3n) is 3.90. The standard InChI is InChI=1S/C16H17F3N2O2/c1-10-11(2)22-15(20-10)9-21-7-3-4-12-8-13(5-6-14(12)21)23-16(17,18)19/h5-6,8H,3-4,7,9H2,1-2H3. The lowest BCUT2D eigenvalue weighted by molar-refractivity contribution is -0.274. The number of benzene rings is 1. The summed E-state index contributed by atoms with van der Waals surface area (Å²) < 4.78 is 46.6. The lowest BCUT2D eigenvalue weighted by atomic mass is 10.0. The summed E-state index contributed by atoms with van der Waals surface area (Å²) in [5.74, 6) is 1.22. The van der Waals surface area contributed by atoms with Crippen molar-refractivity contribution in [1.82, 2.24) is 4.98 Å². The molecule has 0 amide bonds. The van der Waals surface area contributed by atoms with E-state index in [2.05, 4.69) is 14.6 Å². The van der Waals surface area contributed by atoms with Gasteiger partial charge in [0, 0.05) is 12.2 Å². The summed E-state index contributed by atoms with van der Waals surface area (Å²) in [7, 11) is 0. The van der Waals surface area contributed by atoms with E-state index < -0.39 is 6.36 Å². The molecule has 0 N–H and O–H groups in total. The van der Waals surface area contributed by atoms with Crippen LogP contribution in [0.1, 0.15) is 29.3 Å². The molecule has 3 rings (SSSR count). The summed E-state index contributed by atoms with van der Waals surface area (Å²) in [6.07, 6.45) is -3.08. The second kappa shape index (κ2) is 5.79. The van der Waals surface area contributed by atoms with Crippen LogP contribution in [0, 0.1) is 13.8 Å². The van der Waals surface area contributed by atoms with Gasteiger partial charge in [-0.1, -0.05) is 0 Å². The molecule has 0 atom stereocenters. The smallest absolute Gasteiger partial charge is 0.444 e. The van der Waals surface area contributed by atoms with Gasteiger partial charge in [-0.2, -0.15) is 0 Å². The molecule has 0 saturated carbocycles. The fraction of sp³-hybridized carbons (Fsp3) is 0.438. The van der Waals surface area contributed by atoms with Crippen LogP contribution in [-0.2, 0) is 13.0 Å². The Kier molecular flexibility index (Phi) is 3.95. The van der Waals surface area contributed by atoms with E-state index in [0.29, 0.717) is 12.4 Å². The van der Waals surface area contributed by atoms with Crippen molar-refractivity contribution in [3.63, 3.8) is 0 Å². The molecule has 0 aliphatic carbocycles. The van der Waals surface area contributed by atoms with Gasteiger partial charge in [-0.3, -0.25) is 0 Å². The summed E-state index contributed by atoms with van der Waals surface area (Å²) in [5, 5.41) is 0. The van der Waals surface area contributed by atoms with Crippen LogP contribution in [0.4, 0.5) is 18.9 Å². The quantitative estimate of drug-likeness (QED) is 0.849.